The molecule has 3 aromatic rings. The summed E-state index contributed by atoms with van der Waals surface area (Å²) in [6.45, 7) is 2.36. The number of hydrogen-bond donors (Lipinski definition) is 1. The Bertz CT molecular complexity index is 1150. The minimum Gasteiger partial charge on any atom is -0.495 e. The number of methoxy groups -OCH3 is 1. The number of amides is 2. The number of halogens is 1. The van der Waals surface area contributed by atoms with Gasteiger partial charge >= 0.3 is 6.03 Å². The van der Waals surface area contributed by atoms with Gasteiger partial charge in [-0.05, 0) is 30.7 Å². The number of ether oxygens (including phenoxy) is 1. The van der Waals surface area contributed by atoms with E-state index in [9.17, 15) is 9.18 Å². The Morgan fingerprint density at radius 2 is 1.85 bits per heavy atom. The molecule has 0 radical (unpaired) electrons. The van der Waals surface area contributed by atoms with E-state index in [1.807, 2.05) is 37.3 Å². The van der Waals surface area contributed by atoms with Crippen molar-refractivity contribution >= 4 is 17.4 Å². The van der Waals surface area contributed by atoms with Crippen molar-refractivity contribution in [3.05, 3.63) is 95.3 Å². The lowest BCUT2D eigenvalue weighted by Gasteiger charge is -2.26. The van der Waals surface area contributed by atoms with Crippen LogP contribution in [-0.4, -0.2) is 36.4 Å². The molecule has 1 aliphatic heterocycles. The lowest BCUT2D eigenvalue weighted by Crippen LogP contribution is -2.40. The van der Waals surface area contributed by atoms with Gasteiger partial charge in [0.2, 0.25) is 0 Å². The van der Waals surface area contributed by atoms with Crippen LogP contribution < -0.4 is 10.1 Å². The van der Waals surface area contributed by atoms with Crippen molar-refractivity contribution in [2.75, 3.05) is 19.0 Å². The molecule has 1 aliphatic rings. The number of carbonyl (C=O) groups excluding carboxylic acids is 1. The maximum Gasteiger partial charge on any atom is 0.322 e. The smallest absolute Gasteiger partial charge is 0.322 e. The van der Waals surface area contributed by atoms with E-state index in [4.69, 9.17) is 9.57 Å². The highest BCUT2D eigenvalue weighted by molar-refractivity contribution is 6.01. The Balaban J connectivity index is 1.50. The molecule has 1 N–H and O–H groups in total. The summed E-state index contributed by atoms with van der Waals surface area (Å²) in [6, 6.07) is 21.3. The second-order valence-electron chi connectivity index (χ2n) is 7.94. The molecule has 4 rings (SSSR count). The molecule has 0 spiro atoms. The Morgan fingerprint density at radius 1 is 1.12 bits per heavy atom. The van der Waals surface area contributed by atoms with E-state index < -0.39 is 0 Å². The van der Waals surface area contributed by atoms with Crippen LogP contribution in [0.4, 0.5) is 14.9 Å². The first-order valence-electron chi connectivity index (χ1n) is 10.8. The van der Waals surface area contributed by atoms with Crippen LogP contribution >= 0.6 is 0 Å². The number of para-hydroxylation sites is 2. The zero-order chi connectivity index (χ0) is 23.2. The molecule has 3 aromatic carbocycles. The fraction of sp³-hybridized carbons (Fsp3) is 0.231. The molecular formula is C26H26FN3O3. The second kappa shape index (κ2) is 10.2. The number of benzene rings is 3. The monoisotopic (exact) mass is 447 g/mol. The van der Waals surface area contributed by atoms with Crippen LogP contribution in [0.3, 0.4) is 0 Å². The van der Waals surface area contributed by atoms with Crippen molar-refractivity contribution in [1.82, 2.24) is 4.90 Å². The third kappa shape index (κ3) is 5.49. The molecule has 33 heavy (non-hydrogen) atoms. The average molecular weight is 448 g/mol. The summed E-state index contributed by atoms with van der Waals surface area (Å²) in [5.41, 5.74) is 3.94. The highest BCUT2D eigenvalue weighted by atomic mass is 19.1. The molecule has 1 atom stereocenters. The fourth-order valence-corrected chi connectivity index (χ4v) is 3.68. The van der Waals surface area contributed by atoms with E-state index in [1.54, 1.807) is 43.5 Å². The maximum absolute atomic E-state index is 14.4. The third-order valence-electron chi connectivity index (χ3n) is 5.50. The molecule has 0 fully saturated rings. The Hall–Kier alpha value is -3.87. The van der Waals surface area contributed by atoms with Crippen molar-refractivity contribution in [3.63, 3.8) is 0 Å². The summed E-state index contributed by atoms with van der Waals surface area (Å²) in [7, 11) is 1.54. The number of rotatable bonds is 7. The predicted octanol–water partition coefficient (Wildman–Crippen LogP) is 5.37. The highest BCUT2D eigenvalue weighted by Crippen LogP contribution is 2.25. The zero-order valence-electron chi connectivity index (χ0n) is 18.6. The Labute approximate surface area is 192 Å². The van der Waals surface area contributed by atoms with Crippen LogP contribution in [0.25, 0.3) is 0 Å². The molecule has 0 aliphatic carbocycles. The number of urea groups is 1. The molecule has 1 heterocycles. The minimum absolute atomic E-state index is 0.0907. The Kier molecular flexibility index (Phi) is 6.88. The van der Waals surface area contributed by atoms with E-state index >= 15 is 0 Å². The summed E-state index contributed by atoms with van der Waals surface area (Å²) in [5.74, 6) is 0.176. The third-order valence-corrected chi connectivity index (χ3v) is 5.50. The van der Waals surface area contributed by atoms with Crippen LogP contribution in [0.15, 0.2) is 78.0 Å². The molecule has 6 nitrogen and oxygen atoms in total. The van der Waals surface area contributed by atoms with Crippen molar-refractivity contribution in [1.29, 1.82) is 0 Å². The molecule has 7 heteroatoms. The molecule has 1 unspecified atom stereocenters. The van der Waals surface area contributed by atoms with E-state index in [2.05, 4.69) is 10.5 Å². The van der Waals surface area contributed by atoms with Gasteiger partial charge in [-0.1, -0.05) is 65.3 Å². The van der Waals surface area contributed by atoms with Gasteiger partial charge in [-0.3, -0.25) is 0 Å². The van der Waals surface area contributed by atoms with Gasteiger partial charge in [-0.15, -0.1) is 0 Å². The molecular weight excluding hydrogens is 421 g/mol. The molecule has 2 amide bonds. The van der Waals surface area contributed by atoms with Crippen LogP contribution in [0, 0.1) is 12.7 Å². The minimum atomic E-state index is -0.380. The SMILES string of the molecule is COc1ccccc1NC(=O)N(Cc1ccccc1F)CC1CC(c2ccc(C)cc2)=NO1. The lowest BCUT2D eigenvalue weighted by molar-refractivity contribution is 0.0606. The van der Waals surface area contributed by atoms with Gasteiger partial charge in [-0.2, -0.15) is 0 Å². The largest absolute Gasteiger partial charge is 0.495 e. The van der Waals surface area contributed by atoms with Crippen molar-refractivity contribution < 1.29 is 18.8 Å². The standard InChI is InChI=1S/C26H26FN3O3/c1-18-11-13-19(14-12-18)24-15-21(33-29-24)17-30(16-20-7-3-4-8-22(20)27)26(31)28-23-9-5-6-10-25(23)32-2/h3-14,21H,15-17H2,1-2H3,(H,28,31). The Morgan fingerprint density at radius 3 is 2.61 bits per heavy atom. The van der Waals surface area contributed by atoms with Crippen molar-refractivity contribution in [2.24, 2.45) is 5.16 Å². The summed E-state index contributed by atoms with van der Waals surface area (Å²) < 4.78 is 19.7. The summed E-state index contributed by atoms with van der Waals surface area (Å²) >= 11 is 0. The van der Waals surface area contributed by atoms with E-state index in [-0.39, 0.29) is 31.0 Å². The highest BCUT2D eigenvalue weighted by Gasteiger charge is 2.27. The number of hydrogen-bond acceptors (Lipinski definition) is 4. The normalized spacial score (nSPS) is 14.9. The van der Waals surface area contributed by atoms with Crippen molar-refractivity contribution in [3.8, 4) is 5.75 Å². The van der Waals surface area contributed by atoms with Crippen LogP contribution in [-0.2, 0) is 11.4 Å². The van der Waals surface area contributed by atoms with Crippen molar-refractivity contribution in [2.45, 2.75) is 26.0 Å². The predicted molar refractivity (Wildman–Crippen MR) is 126 cm³/mol. The van der Waals surface area contributed by atoms with Gasteiger partial charge < -0.3 is 19.8 Å². The first-order chi connectivity index (χ1) is 16.0. The average Bonchev–Trinajstić information content (AvgIpc) is 3.29. The summed E-state index contributed by atoms with van der Waals surface area (Å²) in [6.07, 6.45) is 0.218. The number of oxime groups is 1. The lowest BCUT2D eigenvalue weighted by atomic mass is 10.0. The molecule has 170 valence electrons. The second-order valence-corrected chi connectivity index (χ2v) is 7.94. The van der Waals surface area contributed by atoms with E-state index in [0.717, 1.165) is 11.3 Å². The van der Waals surface area contributed by atoms with Gasteiger partial charge in [0.05, 0.1) is 31.6 Å². The molecule has 0 aromatic heterocycles. The topological polar surface area (TPSA) is 63.2 Å². The number of nitrogens with zero attached hydrogens (tertiary/aromatic N) is 2. The first kappa shape index (κ1) is 22.3. The van der Waals surface area contributed by atoms with Gasteiger partial charge in [0, 0.05) is 12.0 Å². The van der Waals surface area contributed by atoms with Crippen LogP contribution in [0.2, 0.25) is 0 Å². The maximum atomic E-state index is 14.4. The van der Waals surface area contributed by atoms with Gasteiger partial charge in [0.1, 0.15) is 11.6 Å². The van der Waals surface area contributed by atoms with E-state index in [0.29, 0.717) is 23.4 Å². The number of aryl methyl sites for hydroxylation is 1. The summed E-state index contributed by atoms with van der Waals surface area (Å²) in [4.78, 5) is 20.4. The van der Waals surface area contributed by atoms with Gasteiger partial charge in [0.15, 0.2) is 6.10 Å². The van der Waals surface area contributed by atoms with Gasteiger partial charge in [-0.25, -0.2) is 9.18 Å². The quantitative estimate of drug-likeness (QED) is 0.530. The van der Waals surface area contributed by atoms with Crippen LogP contribution in [0.5, 0.6) is 5.75 Å². The number of carbonyl (C=O) groups is 1. The molecule has 0 bridgehead atoms. The fourth-order valence-electron chi connectivity index (χ4n) is 3.68. The number of anilines is 1. The summed E-state index contributed by atoms with van der Waals surface area (Å²) in [5, 5.41) is 7.10. The van der Waals surface area contributed by atoms with Crippen LogP contribution in [0.1, 0.15) is 23.1 Å². The first-order valence-corrected chi connectivity index (χ1v) is 10.8. The number of nitrogens with one attached hydrogen (secondary N) is 1. The van der Waals surface area contributed by atoms with E-state index in [1.165, 1.54) is 16.5 Å². The zero-order valence-corrected chi connectivity index (χ0v) is 18.6. The molecule has 0 saturated carbocycles. The molecule has 0 saturated heterocycles. The van der Waals surface area contributed by atoms with Gasteiger partial charge in [0.25, 0.3) is 0 Å².